The van der Waals surface area contributed by atoms with Crippen LogP contribution in [0.1, 0.15) is 30.9 Å². The van der Waals surface area contributed by atoms with Crippen LogP contribution in [0.25, 0.3) is 0 Å². The molecule has 0 saturated carbocycles. The van der Waals surface area contributed by atoms with E-state index < -0.39 is 22.4 Å². The van der Waals surface area contributed by atoms with E-state index in [1.54, 1.807) is 11.8 Å². The zero-order chi connectivity index (χ0) is 23.3. The van der Waals surface area contributed by atoms with Crippen molar-refractivity contribution < 1.29 is 32.4 Å². The van der Waals surface area contributed by atoms with Gasteiger partial charge in [-0.25, -0.2) is 4.98 Å². The number of piperidine rings is 1. The summed E-state index contributed by atoms with van der Waals surface area (Å²) in [5.74, 6) is -0.894. The number of anilines is 1. The van der Waals surface area contributed by atoms with Gasteiger partial charge in [0.05, 0.1) is 23.0 Å². The average molecular weight is 454 g/mol. The van der Waals surface area contributed by atoms with Crippen LogP contribution in [0.15, 0.2) is 30.6 Å². The van der Waals surface area contributed by atoms with Crippen molar-refractivity contribution >= 4 is 17.5 Å². The highest BCUT2D eigenvalue weighted by molar-refractivity contribution is 5.73. The molecule has 1 fully saturated rings. The van der Waals surface area contributed by atoms with Crippen molar-refractivity contribution in [2.24, 2.45) is 5.92 Å². The molecule has 3 rings (SSSR count). The van der Waals surface area contributed by atoms with Crippen LogP contribution in [-0.4, -0.2) is 40.6 Å². The van der Waals surface area contributed by atoms with Crippen molar-refractivity contribution in [3.63, 3.8) is 0 Å². The highest BCUT2D eigenvalue weighted by atomic mass is 19.4. The number of benzene rings is 1. The Kier molecular flexibility index (Phi) is 7.11. The second-order valence-electron chi connectivity index (χ2n) is 7.11. The Balaban J connectivity index is 1.76. The summed E-state index contributed by atoms with van der Waals surface area (Å²) in [6, 6.07) is 4.49. The molecule has 32 heavy (non-hydrogen) atoms. The molecule has 0 bridgehead atoms. The van der Waals surface area contributed by atoms with Crippen LogP contribution in [0, 0.1) is 16.0 Å². The molecule has 0 aliphatic carbocycles. The number of nitro groups is 1. The molecule has 172 valence electrons. The minimum absolute atomic E-state index is 0.0337. The molecule has 2 heterocycles. The van der Waals surface area contributed by atoms with Gasteiger partial charge in [0.15, 0.2) is 0 Å². The van der Waals surface area contributed by atoms with Crippen LogP contribution in [0.3, 0.4) is 0 Å². The maximum atomic E-state index is 12.9. The molecule has 1 aromatic heterocycles. The first-order chi connectivity index (χ1) is 15.2. The third-order valence-electron chi connectivity index (χ3n) is 5.00. The normalized spacial score (nSPS) is 14.8. The maximum Gasteiger partial charge on any atom is 0.416 e. The zero-order valence-corrected chi connectivity index (χ0v) is 17.2. The molecule has 1 aliphatic heterocycles. The van der Waals surface area contributed by atoms with Crippen molar-refractivity contribution in [3.05, 3.63) is 51.8 Å². The van der Waals surface area contributed by atoms with Crippen molar-refractivity contribution in [2.75, 3.05) is 24.6 Å². The lowest BCUT2D eigenvalue weighted by Crippen LogP contribution is -2.37. The topological polar surface area (TPSA) is 108 Å². The fourth-order valence-corrected chi connectivity index (χ4v) is 3.43. The third kappa shape index (κ3) is 5.42. The lowest BCUT2D eigenvalue weighted by molar-refractivity contribution is -0.385. The number of aromatic nitrogens is 2. The number of halogens is 3. The van der Waals surface area contributed by atoms with Gasteiger partial charge in [-0.2, -0.15) is 18.2 Å². The number of ether oxygens (including phenoxy) is 2. The second-order valence-corrected chi connectivity index (χ2v) is 7.11. The largest absolute Gasteiger partial charge is 0.468 e. The molecule has 0 amide bonds. The molecule has 1 aliphatic rings. The van der Waals surface area contributed by atoms with Gasteiger partial charge in [0.1, 0.15) is 12.9 Å². The number of carbonyl (C=O) groups excluding carboxylic acids is 1. The zero-order valence-electron chi connectivity index (χ0n) is 17.2. The van der Waals surface area contributed by atoms with Crippen LogP contribution < -0.4 is 9.64 Å². The van der Waals surface area contributed by atoms with Gasteiger partial charge in [-0.3, -0.25) is 14.9 Å². The SMILES string of the molecule is CCOC(=O)C1CCN(c2ncnc(OCc3cccc(C(F)(F)F)c3)c2[N+](=O)[O-])CC1. The number of hydrogen-bond donors (Lipinski definition) is 0. The van der Waals surface area contributed by atoms with Crippen molar-refractivity contribution in [2.45, 2.75) is 32.5 Å². The summed E-state index contributed by atoms with van der Waals surface area (Å²) in [5, 5.41) is 11.7. The summed E-state index contributed by atoms with van der Waals surface area (Å²) in [6.07, 6.45) is -2.53. The third-order valence-corrected chi connectivity index (χ3v) is 5.00. The van der Waals surface area contributed by atoms with Gasteiger partial charge >= 0.3 is 17.8 Å². The Morgan fingerprint density at radius 2 is 2.00 bits per heavy atom. The predicted octanol–water partition coefficient (Wildman–Crippen LogP) is 3.76. The summed E-state index contributed by atoms with van der Waals surface area (Å²) in [6.45, 7) is 2.34. The maximum absolute atomic E-state index is 12.9. The summed E-state index contributed by atoms with van der Waals surface area (Å²) < 4.78 is 49.1. The van der Waals surface area contributed by atoms with Gasteiger partial charge < -0.3 is 14.4 Å². The first-order valence-corrected chi connectivity index (χ1v) is 9.90. The Labute approximate surface area is 181 Å². The summed E-state index contributed by atoms with van der Waals surface area (Å²) in [4.78, 5) is 32.5. The van der Waals surface area contributed by atoms with Gasteiger partial charge in [0.2, 0.25) is 5.82 Å². The molecule has 2 aromatic rings. The molecule has 0 radical (unpaired) electrons. The molecule has 0 N–H and O–H groups in total. The first-order valence-electron chi connectivity index (χ1n) is 9.90. The molecule has 0 atom stereocenters. The van der Waals surface area contributed by atoms with Gasteiger partial charge in [-0.15, -0.1) is 0 Å². The lowest BCUT2D eigenvalue weighted by Gasteiger charge is -2.31. The lowest BCUT2D eigenvalue weighted by atomic mass is 9.97. The second kappa shape index (κ2) is 9.79. The average Bonchev–Trinajstić information content (AvgIpc) is 2.77. The number of nitrogens with zero attached hydrogens (tertiary/aromatic N) is 4. The number of carbonyl (C=O) groups is 1. The predicted molar refractivity (Wildman–Crippen MR) is 106 cm³/mol. The monoisotopic (exact) mass is 454 g/mol. The Bertz CT molecular complexity index is 978. The summed E-state index contributed by atoms with van der Waals surface area (Å²) in [5.41, 5.74) is -1.14. The molecule has 0 spiro atoms. The van der Waals surface area contributed by atoms with E-state index >= 15 is 0 Å². The smallest absolute Gasteiger partial charge is 0.416 e. The van der Waals surface area contributed by atoms with E-state index in [2.05, 4.69) is 9.97 Å². The molecule has 1 aromatic carbocycles. The van der Waals surface area contributed by atoms with Gasteiger partial charge in [-0.1, -0.05) is 12.1 Å². The summed E-state index contributed by atoms with van der Waals surface area (Å²) in [7, 11) is 0. The number of alkyl halides is 3. The van der Waals surface area contributed by atoms with Crippen LogP contribution in [-0.2, 0) is 22.3 Å². The van der Waals surface area contributed by atoms with Crippen LogP contribution in [0.4, 0.5) is 24.7 Å². The van der Waals surface area contributed by atoms with Crippen molar-refractivity contribution in [3.8, 4) is 5.88 Å². The van der Waals surface area contributed by atoms with Crippen LogP contribution in [0.5, 0.6) is 5.88 Å². The van der Waals surface area contributed by atoms with Crippen molar-refractivity contribution in [1.29, 1.82) is 0 Å². The number of rotatable bonds is 7. The molecule has 9 nitrogen and oxygen atoms in total. The minimum Gasteiger partial charge on any atom is -0.468 e. The summed E-state index contributed by atoms with van der Waals surface area (Å²) >= 11 is 0. The molecular formula is C20H21F3N4O5. The first kappa shape index (κ1) is 23.2. The van der Waals surface area contributed by atoms with E-state index in [0.29, 0.717) is 25.9 Å². The van der Waals surface area contributed by atoms with E-state index in [4.69, 9.17) is 9.47 Å². The van der Waals surface area contributed by atoms with Gasteiger partial charge in [0.25, 0.3) is 5.88 Å². The number of hydrogen-bond acceptors (Lipinski definition) is 8. The van der Waals surface area contributed by atoms with E-state index in [-0.39, 0.29) is 42.4 Å². The van der Waals surface area contributed by atoms with E-state index in [0.717, 1.165) is 18.5 Å². The van der Waals surface area contributed by atoms with E-state index in [1.807, 2.05) is 0 Å². The van der Waals surface area contributed by atoms with Crippen molar-refractivity contribution in [1.82, 2.24) is 9.97 Å². The molecule has 1 saturated heterocycles. The Hall–Kier alpha value is -3.44. The Morgan fingerprint density at radius 3 is 2.62 bits per heavy atom. The highest BCUT2D eigenvalue weighted by Crippen LogP contribution is 2.36. The minimum atomic E-state index is -4.51. The van der Waals surface area contributed by atoms with E-state index in [1.165, 1.54) is 12.1 Å². The highest BCUT2D eigenvalue weighted by Gasteiger charge is 2.33. The quantitative estimate of drug-likeness (QED) is 0.354. The van der Waals surface area contributed by atoms with Gasteiger partial charge in [0, 0.05) is 13.1 Å². The molecule has 0 unspecified atom stereocenters. The Morgan fingerprint density at radius 1 is 1.28 bits per heavy atom. The van der Waals surface area contributed by atoms with Crippen LogP contribution in [0.2, 0.25) is 0 Å². The fraction of sp³-hybridized carbons (Fsp3) is 0.450. The standard InChI is InChI=1S/C20H21F3N4O5/c1-2-31-19(28)14-6-8-26(9-7-14)17-16(27(29)30)18(25-12-24-17)32-11-13-4-3-5-15(10-13)20(21,22)23/h3-5,10,12,14H,2,6-9,11H2,1H3. The fourth-order valence-electron chi connectivity index (χ4n) is 3.43. The molecular weight excluding hydrogens is 433 g/mol. The molecule has 12 heteroatoms. The van der Waals surface area contributed by atoms with Crippen LogP contribution >= 0.6 is 0 Å². The number of esters is 1. The van der Waals surface area contributed by atoms with Gasteiger partial charge in [-0.05, 0) is 37.5 Å². The van der Waals surface area contributed by atoms with E-state index in [9.17, 15) is 28.1 Å².